The summed E-state index contributed by atoms with van der Waals surface area (Å²) in [4.78, 5) is 18.8. The number of rotatable bonds is 4. The third-order valence-electron chi connectivity index (χ3n) is 4.53. The van der Waals surface area contributed by atoms with Crippen LogP contribution in [0.15, 0.2) is 28.8 Å². The first-order valence-corrected chi connectivity index (χ1v) is 8.33. The Morgan fingerprint density at radius 3 is 2.96 bits per heavy atom. The van der Waals surface area contributed by atoms with Crippen LogP contribution in [-0.2, 0) is 11.2 Å². The summed E-state index contributed by atoms with van der Waals surface area (Å²) in [5.74, 6) is 1.31. The first-order chi connectivity index (χ1) is 11.1. The van der Waals surface area contributed by atoms with Gasteiger partial charge in [0.15, 0.2) is 0 Å². The number of piperidine rings is 1. The van der Waals surface area contributed by atoms with Gasteiger partial charge in [0.1, 0.15) is 0 Å². The Morgan fingerprint density at radius 1 is 1.35 bits per heavy atom. The van der Waals surface area contributed by atoms with Crippen LogP contribution in [0.1, 0.15) is 44.1 Å². The van der Waals surface area contributed by atoms with E-state index in [4.69, 9.17) is 4.52 Å². The average molecular weight is 313 g/mol. The standard InChI is InChI=1S/C18H23N3O2/c1-13-7-3-4-9-15(13)18-19-16(23-20-18)10-11-17(22)21-12-6-5-8-14(21)2/h3-4,7,9,14H,5-6,8,10-12H2,1-2H3. The highest BCUT2D eigenvalue weighted by molar-refractivity contribution is 5.76. The van der Waals surface area contributed by atoms with E-state index < -0.39 is 0 Å². The Hall–Kier alpha value is -2.17. The van der Waals surface area contributed by atoms with Gasteiger partial charge in [0.05, 0.1) is 0 Å². The minimum Gasteiger partial charge on any atom is -0.340 e. The second kappa shape index (κ2) is 6.94. The van der Waals surface area contributed by atoms with Gasteiger partial charge in [-0.1, -0.05) is 29.4 Å². The molecule has 2 heterocycles. The molecule has 3 rings (SSSR count). The van der Waals surface area contributed by atoms with Crippen LogP contribution in [-0.4, -0.2) is 33.5 Å². The maximum absolute atomic E-state index is 12.3. The quantitative estimate of drug-likeness (QED) is 0.868. The van der Waals surface area contributed by atoms with Crippen molar-refractivity contribution >= 4 is 5.91 Å². The van der Waals surface area contributed by atoms with Crippen molar-refractivity contribution in [2.75, 3.05) is 6.54 Å². The smallest absolute Gasteiger partial charge is 0.227 e. The van der Waals surface area contributed by atoms with Gasteiger partial charge in [-0.2, -0.15) is 4.98 Å². The lowest BCUT2D eigenvalue weighted by atomic mass is 10.0. The predicted octanol–water partition coefficient (Wildman–Crippen LogP) is 3.38. The fourth-order valence-corrected chi connectivity index (χ4v) is 3.12. The molecular weight excluding hydrogens is 290 g/mol. The van der Waals surface area contributed by atoms with Crippen LogP contribution in [0.4, 0.5) is 0 Å². The van der Waals surface area contributed by atoms with Gasteiger partial charge in [0.25, 0.3) is 0 Å². The zero-order valence-electron chi connectivity index (χ0n) is 13.8. The van der Waals surface area contributed by atoms with E-state index in [-0.39, 0.29) is 5.91 Å². The summed E-state index contributed by atoms with van der Waals surface area (Å²) >= 11 is 0. The molecule has 5 nitrogen and oxygen atoms in total. The third-order valence-corrected chi connectivity index (χ3v) is 4.53. The Bertz CT molecular complexity index is 680. The number of aryl methyl sites for hydroxylation is 2. The van der Waals surface area contributed by atoms with Gasteiger partial charge >= 0.3 is 0 Å². The lowest BCUT2D eigenvalue weighted by molar-refractivity contribution is -0.134. The molecule has 1 aliphatic heterocycles. The van der Waals surface area contributed by atoms with Gasteiger partial charge in [-0.05, 0) is 38.7 Å². The van der Waals surface area contributed by atoms with Crippen molar-refractivity contribution in [3.63, 3.8) is 0 Å². The van der Waals surface area contributed by atoms with Crippen LogP contribution < -0.4 is 0 Å². The van der Waals surface area contributed by atoms with Crippen molar-refractivity contribution in [1.82, 2.24) is 15.0 Å². The van der Waals surface area contributed by atoms with Gasteiger partial charge < -0.3 is 9.42 Å². The third kappa shape index (κ3) is 3.60. The molecule has 1 unspecified atom stereocenters. The fraction of sp³-hybridized carbons (Fsp3) is 0.500. The number of aromatic nitrogens is 2. The zero-order chi connectivity index (χ0) is 16.2. The Kier molecular flexibility index (Phi) is 4.74. The largest absolute Gasteiger partial charge is 0.340 e. The number of hydrogen-bond donors (Lipinski definition) is 0. The molecule has 1 aromatic heterocycles. The van der Waals surface area contributed by atoms with E-state index in [1.54, 1.807) is 0 Å². The van der Waals surface area contributed by atoms with Crippen LogP contribution in [0.2, 0.25) is 0 Å². The van der Waals surface area contributed by atoms with E-state index in [9.17, 15) is 4.79 Å². The number of carbonyl (C=O) groups is 1. The molecule has 1 fully saturated rings. The normalized spacial score (nSPS) is 18.2. The summed E-state index contributed by atoms with van der Waals surface area (Å²) in [6, 6.07) is 8.29. The number of hydrogen-bond acceptors (Lipinski definition) is 4. The van der Waals surface area contributed by atoms with Crippen molar-refractivity contribution in [2.24, 2.45) is 0 Å². The van der Waals surface area contributed by atoms with E-state index in [1.807, 2.05) is 36.1 Å². The Balaban J connectivity index is 1.61. The molecule has 1 amide bonds. The highest BCUT2D eigenvalue weighted by atomic mass is 16.5. The molecule has 122 valence electrons. The van der Waals surface area contributed by atoms with Crippen LogP contribution in [0.5, 0.6) is 0 Å². The lowest BCUT2D eigenvalue weighted by Crippen LogP contribution is -2.42. The minimum absolute atomic E-state index is 0.188. The van der Waals surface area contributed by atoms with Crippen molar-refractivity contribution in [3.8, 4) is 11.4 Å². The Labute approximate surface area is 136 Å². The van der Waals surface area contributed by atoms with Crippen LogP contribution in [0.3, 0.4) is 0 Å². The average Bonchev–Trinajstić information content (AvgIpc) is 3.02. The summed E-state index contributed by atoms with van der Waals surface area (Å²) in [5, 5.41) is 4.04. The molecule has 0 aliphatic carbocycles. The van der Waals surface area contributed by atoms with Gasteiger partial charge in [0, 0.05) is 31.0 Å². The van der Waals surface area contributed by atoms with Gasteiger partial charge in [0.2, 0.25) is 17.6 Å². The maximum atomic E-state index is 12.3. The molecule has 1 aromatic carbocycles. The van der Waals surface area contributed by atoms with Gasteiger partial charge in [-0.15, -0.1) is 0 Å². The number of benzene rings is 1. The first kappa shape index (κ1) is 15.7. The SMILES string of the molecule is Cc1ccccc1-c1noc(CCC(=O)N2CCCCC2C)n1. The topological polar surface area (TPSA) is 59.2 Å². The van der Waals surface area contributed by atoms with Gasteiger partial charge in [-0.25, -0.2) is 0 Å². The number of amides is 1. The van der Waals surface area contributed by atoms with Crippen molar-refractivity contribution in [2.45, 2.75) is 52.0 Å². The molecule has 23 heavy (non-hydrogen) atoms. The van der Waals surface area contributed by atoms with Crippen LogP contribution in [0.25, 0.3) is 11.4 Å². The second-order valence-electron chi connectivity index (χ2n) is 6.26. The molecule has 0 N–H and O–H groups in total. The van der Waals surface area contributed by atoms with Crippen LogP contribution >= 0.6 is 0 Å². The summed E-state index contributed by atoms with van der Waals surface area (Å²) in [5.41, 5.74) is 2.08. The molecule has 0 spiro atoms. The Morgan fingerprint density at radius 2 is 2.17 bits per heavy atom. The lowest BCUT2D eigenvalue weighted by Gasteiger charge is -2.33. The summed E-state index contributed by atoms with van der Waals surface area (Å²) in [7, 11) is 0. The summed E-state index contributed by atoms with van der Waals surface area (Å²) < 4.78 is 5.31. The fourth-order valence-electron chi connectivity index (χ4n) is 3.12. The van der Waals surface area contributed by atoms with E-state index in [2.05, 4.69) is 17.1 Å². The number of nitrogens with zero attached hydrogens (tertiary/aromatic N) is 3. The number of carbonyl (C=O) groups excluding carboxylic acids is 1. The first-order valence-electron chi connectivity index (χ1n) is 8.33. The van der Waals surface area contributed by atoms with Crippen molar-refractivity contribution in [1.29, 1.82) is 0 Å². The monoisotopic (exact) mass is 313 g/mol. The van der Waals surface area contributed by atoms with Gasteiger partial charge in [-0.3, -0.25) is 4.79 Å². The molecule has 1 saturated heterocycles. The second-order valence-corrected chi connectivity index (χ2v) is 6.26. The molecular formula is C18H23N3O2. The highest BCUT2D eigenvalue weighted by Gasteiger charge is 2.23. The molecule has 1 atom stereocenters. The van der Waals surface area contributed by atoms with Crippen LogP contribution in [0, 0.1) is 6.92 Å². The van der Waals surface area contributed by atoms with Crippen molar-refractivity contribution in [3.05, 3.63) is 35.7 Å². The molecule has 2 aromatic rings. The molecule has 0 bridgehead atoms. The number of likely N-dealkylation sites (tertiary alicyclic amines) is 1. The van der Waals surface area contributed by atoms with Crippen molar-refractivity contribution < 1.29 is 9.32 Å². The minimum atomic E-state index is 0.188. The summed E-state index contributed by atoms with van der Waals surface area (Å²) in [6.45, 7) is 5.02. The molecule has 5 heteroatoms. The zero-order valence-corrected chi connectivity index (χ0v) is 13.8. The summed E-state index contributed by atoms with van der Waals surface area (Å²) in [6.07, 6.45) is 4.35. The van der Waals surface area contributed by atoms with E-state index >= 15 is 0 Å². The van der Waals surface area contributed by atoms with E-state index in [0.717, 1.165) is 30.5 Å². The highest BCUT2D eigenvalue weighted by Crippen LogP contribution is 2.21. The van der Waals surface area contributed by atoms with E-state index in [0.29, 0.717) is 30.6 Å². The molecule has 0 saturated carbocycles. The maximum Gasteiger partial charge on any atom is 0.227 e. The van der Waals surface area contributed by atoms with E-state index in [1.165, 1.54) is 6.42 Å². The predicted molar refractivity (Wildman–Crippen MR) is 87.8 cm³/mol. The molecule has 1 aliphatic rings. The molecule has 0 radical (unpaired) electrons.